The first-order valence-electron chi connectivity index (χ1n) is 15.7. The number of methoxy groups -OCH3 is 1. The summed E-state index contributed by atoms with van der Waals surface area (Å²) in [6.07, 6.45) is 9.56. The van der Waals surface area contributed by atoms with E-state index in [-0.39, 0.29) is 12.5 Å². The molecule has 0 unspecified atom stereocenters. The number of nitrogens with one attached hydrogen (secondary N) is 1. The Hall–Kier alpha value is -3.71. The molecule has 1 heterocycles. The number of ether oxygens (including phenoxy) is 1. The average molecular weight is 671 g/mol. The van der Waals surface area contributed by atoms with E-state index in [2.05, 4.69) is 58.4 Å². The molecule has 0 atom stereocenters. The van der Waals surface area contributed by atoms with Gasteiger partial charge in [-0.05, 0) is 84.0 Å². The van der Waals surface area contributed by atoms with Crippen LogP contribution in [0.2, 0.25) is 10.0 Å². The number of esters is 1. The summed E-state index contributed by atoms with van der Waals surface area (Å²) in [6, 6.07) is 31.0. The van der Waals surface area contributed by atoms with E-state index >= 15 is 0 Å². The zero-order valence-electron chi connectivity index (χ0n) is 25.8. The maximum absolute atomic E-state index is 11.7. The third-order valence-corrected chi connectivity index (χ3v) is 10.3. The van der Waals surface area contributed by atoms with Crippen molar-refractivity contribution in [2.24, 2.45) is 5.92 Å². The van der Waals surface area contributed by atoms with Gasteiger partial charge in [-0.3, -0.25) is 4.79 Å². The van der Waals surface area contributed by atoms with Crippen LogP contribution in [0.25, 0.3) is 28.1 Å². The van der Waals surface area contributed by atoms with Crippen molar-refractivity contribution in [2.45, 2.75) is 43.4 Å². The minimum atomic E-state index is -0.332. The van der Waals surface area contributed by atoms with E-state index in [1.54, 1.807) is 6.07 Å². The van der Waals surface area contributed by atoms with Gasteiger partial charge in [0.15, 0.2) is 0 Å². The number of benzene rings is 4. The van der Waals surface area contributed by atoms with E-state index < -0.39 is 0 Å². The zero-order chi connectivity index (χ0) is 31.9. The number of rotatable bonds is 11. The summed E-state index contributed by atoms with van der Waals surface area (Å²) in [6.45, 7) is 0.0801. The summed E-state index contributed by atoms with van der Waals surface area (Å²) in [4.78, 5) is 18.1. The summed E-state index contributed by atoms with van der Waals surface area (Å²) in [7, 11) is 1.38. The smallest absolute Gasteiger partial charge is 0.325 e. The number of anilines is 1. The molecule has 0 spiro atoms. The fraction of sp³-hybridized carbons (Fsp3) is 0.263. The van der Waals surface area contributed by atoms with Crippen molar-refractivity contribution in [1.82, 2.24) is 9.55 Å². The predicted octanol–water partition coefficient (Wildman–Crippen LogP) is 10.4. The number of carbonyl (C=O) groups is 1. The van der Waals surface area contributed by atoms with Gasteiger partial charge < -0.3 is 14.6 Å². The topological polar surface area (TPSA) is 56.1 Å². The van der Waals surface area contributed by atoms with Gasteiger partial charge in [-0.25, -0.2) is 4.98 Å². The van der Waals surface area contributed by atoms with Gasteiger partial charge in [0.05, 0.1) is 17.8 Å². The molecule has 0 saturated heterocycles. The van der Waals surface area contributed by atoms with Gasteiger partial charge in [-0.2, -0.15) is 0 Å². The fourth-order valence-electron chi connectivity index (χ4n) is 5.92. The van der Waals surface area contributed by atoms with Crippen molar-refractivity contribution in [1.29, 1.82) is 0 Å². The van der Waals surface area contributed by atoms with Crippen LogP contribution in [0.1, 0.15) is 43.5 Å². The van der Waals surface area contributed by atoms with Crippen LogP contribution in [0.5, 0.6) is 0 Å². The number of hydrogen-bond acceptors (Lipinski definition) is 5. The van der Waals surface area contributed by atoms with Crippen LogP contribution in [0, 0.1) is 5.92 Å². The zero-order valence-corrected chi connectivity index (χ0v) is 28.2. The van der Waals surface area contributed by atoms with Crippen molar-refractivity contribution in [3.63, 3.8) is 0 Å². The molecular weight excluding hydrogens is 633 g/mol. The predicted molar refractivity (Wildman–Crippen MR) is 192 cm³/mol. The molecule has 0 radical (unpaired) electrons. The van der Waals surface area contributed by atoms with Crippen molar-refractivity contribution in [3.8, 4) is 28.1 Å². The number of halogens is 2. The van der Waals surface area contributed by atoms with Crippen LogP contribution in [-0.2, 0) is 16.0 Å². The summed E-state index contributed by atoms with van der Waals surface area (Å²) in [5, 5.41) is 4.25. The third kappa shape index (κ3) is 8.16. The Bertz CT molecular complexity index is 1780. The highest BCUT2D eigenvalue weighted by atomic mass is 35.5. The number of aromatic nitrogens is 2. The summed E-state index contributed by atoms with van der Waals surface area (Å²) in [5.41, 5.74) is 6.82. The molecular formula is C38H37Cl2N3O2S. The van der Waals surface area contributed by atoms with E-state index in [0.29, 0.717) is 16.5 Å². The van der Waals surface area contributed by atoms with Crippen molar-refractivity contribution in [2.75, 3.05) is 24.7 Å². The third-order valence-electron chi connectivity index (χ3n) is 8.49. The van der Waals surface area contributed by atoms with Gasteiger partial charge in [-0.1, -0.05) is 84.9 Å². The Balaban J connectivity index is 1.22. The van der Waals surface area contributed by atoms with Crippen molar-refractivity contribution >= 4 is 46.6 Å². The van der Waals surface area contributed by atoms with Gasteiger partial charge in [0.25, 0.3) is 0 Å². The van der Waals surface area contributed by atoms with Crippen molar-refractivity contribution < 1.29 is 9.53 Å². The first kappa shape index (κ1) is 32.2. The molecule has 8 heteroatoms. The monoisotopic (exact) mass is 669 g/mol. The largest absolute Gasteiger partial charge is 0.468 e. The molecule has 1 aliphatic rings. The lowest BCUT2D eigenvalue weighted by atomic mass is 9.91. The first-order valence-corrected chi connectivity index (χ1v) is 17.5. The minimum Gasteiger partial charge on any atom is -0.468 e. The molecule has 1 aromatic heterocycles. The van der Waals surface area contributed by atoms with Gasteiger partial charge in [-0.15, -0.1) is 11.8 Å². The van der Waals surface area contributed by atoms with Gasteiger partial charge in [0.1, 0.15) is 12.4 Å². The molecule has 5 nitrogen and oxygen atoms in total. The van der Waals surface area contributed by atoms with Crippen molar-refractivity contribution in [3.05, 3.63) is 119 Å². The van der Waals surface area contributed by atoms with E-state index in [1.807, 2.05) is 54.4 Å². The molecule has 1 saturated carbocycles. The molecule has 46 heavy (non-hydrogen) atoms. The second-order valence-corrected chi connectivity index (χ2v) is 13.7. The number of imidazole rings is 1. The quantitative estimate of drug-likeness (QED) is 0.112. The lowest BCUT2D eigenvalue weighted by molar-refractivity contribution is -0.138. The molecule has 0 amide bonds. The molecule has 4 aromatic carbocycles. The van der Waals surface area contributed by atoms with E-state index in [4.69, 9.17) is 32.9 Å². The Morgan fingerprint density at radius 2 is 1.67 bits per heavy atom. The summed E-state index contributed by atoms with van der Waals surface area (Å²) in [5.74, 6) is 2.62. The Kier molecular flexibility index (Phi) is 10.7. The Morgan fingerprint density at radius 1 is 0.935 bits per heavy atom. The van der Waals surface area contributed by atoms with Crippen LogP contribution in [-0.4, -0.2) is 34.9 Å². The molecule has 5 aromatic rings. The number of carbonyl (C=O) groups excluding carboxylic acids is 1. The second-order valence-electron chi connectivity index (χ2n) is 11.7. The molecule has 0 bridgehead atoms. The minimum absolute atomic E-state index is 0.0801. The van der Waals surface area contributed by atoms with E-state index in [1.165, 1.54) is 61.0 Å². The summed E-state index contributed by atoms with van der Waals surface area (Å²) < 4.78 is 6.85. The molecule has 6 rings (SSSR count). The molecule has 0 aliphatic heterocycles. The van der Waals surface area contributed by atoms with Gasteiger partial charge >= 0.3 is 5.97 Å². The lowest BCUT2D eigenvalue weighted by Gasteiger charge is -2.20. The van der Waals surface area contributed by atoms with Gasteiger partial charge in [0, 0.05) is 45.2 Å². The van der Waals surface area contributed by atoms with Crippen LogP contribution in [0.15, 0.2) is 102 Å². The lowest BCUT2D eigenvalue weighted by Crippen LogP contribution is -2.15. The first-order chi connectivity index (χ1) is 22.4. The highest BCUT2D eigenvalue weighted by Gasteiger charge is 2.16. The average Bonchev–Trinajstić information content (AvgIpc) is 3.50. The second kappa shape index (κ2) is 15.3. The van der Waals surface area contributed by atoms with E-state index in [9.17, 15) is 4.79 Å². The SMILES string of the molecule is COC(=O)CNc1cccc(-n2cc(-c3ccc(Cl)cc3Cl)nc2Cc2ccc(-c3ccc(SCC4CCCCC4)cc3)cc2)c1. The molecule has 1 N–H and O–H groups in total. The van der Waals surface area contributed by atoms with Crippen LogP contribution >= 0.6 is 35.0 Å². The summed E-state index contributed by atoms with van der Waals surface area (Å²) >= 11 is 14.8. The standard InChI is InChI=1S/C38H37Cl2N3O2S/c1-45-38(44)23-41-31-8-5-9-32(22-31)43-24-36(34-19-16-30(39)21-35(34)40)42-37(43)20-26-10-12-28(13-11-26)29-14-17-33(18-15-29)46-25-27-6-3-2-4-7-27/h5,8-19,21-22,24,27,41H,2-4,6-7,20,23,25H2,1H3. The number of hydrogen-bond donors (Lipinski definition) is 1. The maximum Gasteiger partial charge on any atom is 0.325 e. The molecule has 1 aliphatic carbocycles. The van der Waals surface area contributed by atoms with Gasteiger partial charge in [0.2, 0.25) is 0 Å². The van der Waals surface area contributed by atoms with Crippen LogP contribution in [0.3, 0.4) is 0 Å². The molecule has 236 valence electrons. The Labute approximate surface area is 285 Å². The maximum atomic E-state index is 11.7. The molecule has 1 fully saturated rings. The van der Waals surface area contributed by atoms with E-state index in [0.717, 1.165) is 39.9 Å². The van der Waals surface area contributed by atoms with Crippen LogP contribution in [0.4, 0.5) is 5.69 Å². The normalized spacial score (nSPS) is 13.5. The Morgan fingerprint density at radius 3 is 2.39 bits per heavy atom. The highest BCUT2D eigenvalue weighted by Crippen LogP contribution is 2.33. The number of thioether (sulfide) groups is 1. The van der Waals surface area contributed by atoms with Crippen LogP contribution < -0.4 is 5.32 Å². The fourth-order valence-corrected chi connectivity index (χ4v) is 7.51. The number of nitrogens with zero attached hydrogens (tertiary/aromatic N) is 2. The highest BCUT2D eigenvalue weighted by molar-refractivity contribution is 7.99.